The summed E-state index contributed by atoms with van der Waals surface area (Å²) in [4.78, 5) is 2.46. The van der Waals surface area contributed by atoms with Gasteiger partial charge in [0.05, 0.1) is 6.10 Å². The van der Waals surface area contributed by atoms with Crippen molar-refractivity contribution in [1.82, 2.24) is 0 Å². The molecule has 0 radical (unpaired) electrons. The van der Waals surface area contributed by atoms with Crippen LogP contribution in [0.1, 0.15) is 33.4 Å². The highest BCUT2D eigenvalue weighted by Crippen LogP contribution is 2.36. The van der Waals surface area contributed by atoms with Crippen LogP contribution in [0.15, 0.2) is 24.3 Å². The Morgan fingerprint density at radius 1 is 1.21 bits per heavy atom. The van der Waals surface area contributed by atoms with Crippen LogP contribution in [0, 0.1) is 0 Å². The van der Waals surface area contributed by atoms with Crippen LogP contribution in [0.5, 0.6) is 0 Å². The van der Waals surface area contributed by atoms with E-state index < -0.39 is 6.10 Å². The van der Waals surface area contributed by atoms with Crippen LogP contribution in [-0.2, 0) is 19.3 Å². The standard InChI is InChI=1S/C15H14Cl2OS/c16-11-4-2-5-12(17)10(11)8-13(18)15-7-9-3-1-6-14(9)19-15/h2,4-5,7,13,18H,1,3,6,8H2. The molecule has 0 amide bonds. The highest BCUT2D eigenvalue weighted by Gasteiger charge is 2.20. The lowest BCUT2D eigenvalue weighted by Gasteiger charge is -2.11. The maximum Gasteiger partial charge on any atom is 0.0923 e. The smallest absolute Gasteiger partial charge is 0.0923 e. The SMILES string of the molecule is OC(Cc1c(Cl)cccc1Cl)c1cc2c(s1)CCC2. The minimum Gasteiger partial charge on any atom is -0.387 e. The molecule has 1 atom stereocenters. The first-order valence-corrected chi connectivity index (χ1v) is 7.95. The molecule has 2 aromatic rings. The van der Waals surface area contributed by atoms with Gasteiger partial charge in [-0.2, -0.15) is 0 Å². The predicted octanol–water partition coefficient (Wildman–Crippen LogP) is 4.82. The molecule has 100 valence electrons. The number of aliphatic hydroxyl groups excluding tert-OH is 1. The van der Waals surface area contributed by atoms with Gasteiger partial charge in [0.15, 0.2) is 0 Å². The molecule has 0 saturated heterocycles. The molecule has 1 aliphatic carbocycles. The van der Waals surface area contributed by atoms with E-state index in [1.807, 2.05) is 18.2 Å². The number of hydrogen-bond acceptors (Lipinski definition) is 2. The molecule has 4 heteroatoms. The van der Waals surface area contributed by atoms with Crippen LogP contribution in [0.3, 0.4) is 0 Å². The largest absolute Gasteiger partial charge is 0.387 e. The molecule has 1 aromatic heterocycles. The van der Waals surface area contributed by atoms with Gasteiger partial charge in [0.25, 0.3) is 0 Å². The Balaban J connectivity index is 1.82. The predicted molar refractivity (Wildman–Crippen MR) is 81.5 cm³/mol. The van der Waals surface area contributed by atoms with Gasteiger partial charge in [-0.1, -0.05) is 29.3 Å². The molecular formula is C15H14Cl2OS. The third-order valence-corrected chi connectivity index (χ3v) is 5.60. The summed E-state index contributed by atoms with van der Waals surface area (Å²) in [5.41, 5.74) is 2.23. The van der Waals surface area contributed by atoms with Crippen molar-refractivity contribution in [1.29, 1.82) is 0 Å². The highest BCUT2D eigenvalue weighted by molar-refractivity contribution is 7.12. The van der Waals surface area contributed by atoms with E-state index in [2.05, 4.69) is 6.07 Å². The zero-order valence-electron chi connectivity index (χ0n) is 10.3. The van der Waals surface area contributed by atoms with Crippen molar-refractivity contribution in [3.8, 4) is 0 Å². The van der Waals surface area contributed by atoms with Gasteiger partial charge in [-0.15, -0.1) is 11.3 Å². The van der Waals surface area contributed by atoms with E-state index >= 15 is 0 Å². The van der Waals surface area contributed by atoms with Crippen molar-refractivity contribution in [3.63, 3.8) is 0 Å². The molecule has 1 N–H and O–H groups in total. The minimum atomic E-state index is -0.520. The Labute approximate surface area is 126 Å². The quantitative estimate of drug-likeness (QED) is 0.861. The van der Waals surface area contributed by atoms with Gasteiger partial charge in [-0.3, -0.25) is 0 Å². The fraction of sp³-hybridized carbons (Fsp3) is 0.333. The third-order valence-electron chi connectivity index (χ3n) is 3.55. The zero-order valence-corrected chi connectivity index (χ0v) is 12.7. The van der Waals surface area contributed by atoms with E-state index in [9.17, 15) is 5.11 Å². The number of aliphatic hydroxyl groups is 1. The van der Waals surface area contributed by atoms with Crippen molar-refractivity contribution in [3.05, 3.63) is 55.2 Å². The number of rotatable bonds is 3. The number of benzene rings is 1. The van der Waals surface area contributed by atoms with Gasteiger partial charge in [-0.25, -0.2) is 0 Å². The molecule has 1 aliphatic rings. The lowest BCUT2D eigenvalue weighted by Crippen LogP contribution is -2.01. The molecule has 0 fully saturated rings. The highest BCUT2D eigenvalue weighted by atomic mass is 35.5. The number of aryl methyl sites for hydroxylation is 2. The maximum absolute atomic E-state index is 10.4. The molecule has 3 rings (SSSR count). The van der Waals surface area contributed by atoms with Gasteiger partial charge in [-0.05, 0) is 48.6 Å². The first kappa shape index (κ1) is 13.4. The molecule has 0 saturated carbocycles. The van der Waals surface area contributed by atoms with E-state index in [0.29, 0.717) is 16.5 Å². The molecule has 1 aromatic carbocycles. The molecule has 0 aliphatic heterocycles. The van der Waals surface area contributed by atoms with Crippen molar-refractivity contribution in [2.24, 2.45) is 0 Å². The third kappa shape index (κ3) is 2.68. The first-order chi connectivity index (χ1) is 9.15. The van der Waals surface area contributed by atoms with Crippen molar-refractivity contribution in [2.45, 2.75) is 31.8 Å². The molecule has 19 heavy (non-hydrogen) atoms. The number of thiophene rings is 1. The van der Waals surface area contributed by atoms with E-state index in [-0.39, 0.29) is 0 Å². The minimum absolute atomic E-state index is 0.470. The van der Waals surface area contributed by atoms with Gasteiger partial charge >= 0.3 is 0 Å². The van der Waals surface area contributed by atoms with E-state index in [1.54, 1.807) is 11.3 Å². The van der Waals surface area contributed by atoms with Gasteiger partial charge in [0.1, 0.15) is 0 Å². The van der Waals surface area contributed by atoms with Crippen LogP contribution in [0.25, 0.3) is 0 Å². The fourth-order valence-corrected chi connectivity index (χ4v) is 4.33. The normalized spacial score (nSPS) is 15.5. The van der Waals surface area contributed by atoms with Gasteiger partial charge < -0.3 is 5.11 Å². The summed E-state index contributed by atoms with van der Waals surface area (Å²) in [5, 5.41) is 11.6. The van der Waals surface area contributed by atoms with Crippen LogP contribution < -0.4 is 0 Å². The summed E-state index contributed by atoms with van der Waals surface area (Å²) in [5.74, 6) is 0. The van der Waals surface area contributed by atoms with Crippen molar-refractivity contribution in [2.75, 3.05) is 0 Å². The van der Waals surface area contributed by atoms with Crippen LogP contribution in [-0.4, -0.2) is 5.11 Å². The molecule has 0 bridgehead atoms. The first-order valence-electron chi connectivity index (χ1n) is 6.37. The van der Waals surface area contributed by atoms with E-state index in [1.165, 1.54) is 16.9 Å². The average Bonchev–Trinajstić information content (AvgIpc) is 2.94. The van der Waals surface area contributed by atoms with Crippen molar-refractivity contribution < 1.29 is 5.11 Å². The molecule has 0 spiro atoms. The monoisotopic (exact) mass is 312 g/mol. The fourth-order valence-electron chi connectivity index (χ4n) is 2.54. The maximum atomic E-state index is 10.4. The van der Waals surface area contributed by atoms with Crippen molar-refractivity contribution >= 4 is 34.5 Å². The summed E-state index contributed by atoms with van der Waals surface area (Å²) in [6.45, 7) is 0. The van der Waals surface area contributed by atoms with E-state index in [4.69, 9.17) is 23.2 Å². The Hall–Kier alpha value is -0.540. The zero-order chi connectivity index (χ0) is 13.4. The molecular weight excluding hydrogens is 299 g/mol. The number of halogens is 2. The number of fused-ring (bicyclic) bond motifs is 1. The average molecular weight is 313 g/mol. The molecule has 1 heterocycles. The second kappa shape index (κ2) is 5.45. The Morgan fingerprint density at radius 2 is 1.95 bits per heavy atom. The lowest BCUT2D eigenvalue weighted by atomic mass is 10.1. The molecule has 1 nitrogen and oxygen atoms in total. The summed E-state index contributed by atoms with van der Waals surface area (Å²) in [6, 6.07) is 7.58. The Kier molecular flexibility index (Phi) is 3.86. The summed E-state index contributed by atoms with van der Waals surface area (Å²) in [7, 11) is 0. The topological polar surface area (TPSA) is 20.2 Å². The van der Waals surface area contributed by atoms with Gasteiger partial charge in [0.2, 0.25) is 0 Å². The Morgan fingerprint density at radius 3 is 2.63 bits per heavy atom. The summed E-state index contributed by atoms with van der Waals surface area (Å²) >= 11 is 14.0. The van der Waals surface area contributed by atoms with Crippen LogP contribution >= 0.6 is 34.5 Å². The van der Waals surface area contributed by atoms with Gasteiger partial charge in [0, 0.05) is 26.2 Å². The second-order valence-electron chi connectivity index (χ2n) is 4.87. The summed E-state index contributed by atoms with van der Waals surface area (Å²) < 4.78 is 0. The second-order valence-corrected chi connectivity index (χ2v) is 6.85. The van der Waals surface area contributed by atoms with Crippen LogP contribution in [0.2, 0.25) is 10.0 Å². The van der Waals surface area contributed by atoms with E-state index in [0.717, 1.165) is 23.3 Å². The lowest BCUT2D eigenvalue weighted by molar-refractivity contribution is 0.182. The Bertz CT molecular complexity index is 564. The summed E-state index contributed by atoms with van der Waals surface area (Å²) in [6.07, 6.45) is 3.49. The van der Waals surface area contributed by atoms with Crippen LogP contribution in [0.4, 0.5) is 0 Å². The number of hydrogen-bond donors (Lipinski definition) is 1. The molecule has 1 unspecified atom stereocenters.